The van der Waals surface area contributed by atoms with E-state index in [0.717, 1.165) is 47.8 Å². The fourth-order valence-corrected chi connectivity index (χ4v) is 4.49. The van der Waals surface area contributed by atoms with Gasteiger partial charge in [0.05, 0.1) is 11.1 Å². The number of nitrogens with zero attached hydrogens (tertiary/aromatic N) is 1. The SMILES string of the molecule is CCC(C)(C)[C@@H]1CCc2nc3ccccc3c(C(=O)OCC(=O)c3ccccc3)c2C1. The van der Waals surface area contributed by atoms with Crippen molar-refractivity contribution in [2.75, 3.05) is 6.61 Å². The number of rotatable bonds is 6. The number of fused-ring (bicyclic) bond motifs is 2. The predicted octanol–water partition coefficient (Wildman–Crippen LogP) is 5.82. The Morgan fingerprint density at radius 3 is 2.52 bits per heavy atom. The zero-order chi connectivity index (χ0) is 22.0. The minimum atomic E-state index is -0.436. The zero-order valence-electron chi connectivity index (χ0n) is 18.5. The molecule has 4 heteroatoms. The molecule has 0 bridgehead atoms. The quantitative estimate of drug-likeness (QED) is 0.376. The summed E-state index contributed by atoms with van der Waals surface area (Å²) in [5.41, 5.74) is 4.10. The third-order valence-corrected chi connectivity index (χ3v) is 6.91. The Bertz CT molecular complexity index is 1120. The van der Waals surface area contributed by atoms with Gasteiger partial charge in [-0.3, -0.25) is 9.78 Å². The maximum atomic E-state index is 13.3. The normalized spacial score (nSPS) is 16.0. The van der Waals surface area contributed by atoms with Crippen LogP contribution in [0.25, 0.3) is 10.9 Å². The standard InChI is InChI=1S/C27H29NO3/c1-4-27(2,3)19-14-15-23-21(16-19)25(20-12-8-9-13-22(20)28-23)26(30)31-17-24(29)18-10-6-5-7-11-18/h5-13,19H,4,14-17H2,1-3H3/t19-/m1/s1. The number of esters is 1. The summed E-state index contributed by atoms with van der Waals surface area (Å²) in [6.07, 6.45) is 3.82. The lowest BCUT2D eigenvalue weighted by molar-refractivity contribution is 0.0474. The van der Waals surface area contributed by atoms with Gasteiger partial charge in [-0.1, -0.05) is 75.7 Å². The molecule has 1 atom stereocenters. The van der Waals surface area contributed by atoms with E-state index in [2.05, 4.69) is 20.8 Å². The summed E-state index contributed by atoms with van der Waals surface area (Å²) in [4.78, 5) is 30.6. The first-order chi connectivity index (χ1) is 14.9. The fraction of sp³-hybridized carbons (Fsp3) is 0.370. The molecular weight excluding hydrogens is 386 g/mol. The van der Waals surface area contributed by atoms with E-state index in [9.17, 15) is 9.59 Å². The van der Waals surface area contributed by atoms with Crippen LogP contribution in [0.4, 0.5) is 0 Å². The van der Waals surface area contributed by atoms with Crippen LogP contribution in [-0.2, 0) is 17.6 Å². The number of carbonyl (C=O) groups excluding carboxylic acids is 2. The molecule has 3 aromatic rings. The second-order valence-corrected chi connectivity index (χ2v) is 9.08. The molecule has 1 aromatic heterocycles. The Hall–Kier alpha value is -3.01. The molecule has 0 aliphatic heterocycles. The second kappa shape index (κ2) is 8.62. The van der Waals surface area contributed by atoms with Gasteiger partial charge in [0.25, 0.3) is 0 Å². The van der Waals surface area contributed by atoms with Gasteiger partial charge >= 0.3 is 5.97 Å². The van der Waals surface area contributed by atoms with Gasteiger partial charge in [0.15, 0.2) is 12.4 Å². The van der Waals surface area contributed by atoms with Crippen LogP contribution < -0.4 is 0 Å². The molecule has 1 aliphatic carbocycles. The van der Waals surface area contributed by atoms with Crippen molar-refractivity contribution in [1.29, 1.82) is 0 Å². The Kier molecular flexibility index (Phi) is 5.90. The number of carbonyl (C=O) groups is 2. The van der Waals surface area contributed by atoms with Crippen LogP contribution in [0.1, 0.15) is 65.6 Å². The molecule has 0 unspecified atom stereocenters. The van der Waals surface area contributed by atoms with Crippen molar-refractivity contribution >= 4 is 22.7 Å². The molecule has 4 nitrogen and oxygen atoms in total. The monoisotopic (exact) mass is 415 g/mol. The van der Waals surface area contributed by atoms with Crippen LogP contribution in [0, 0.1) is 11.3 Å². The Balaban J connectivity index is 1.68. The summed E-state index contributed by atoms with van der Waals surface area (Å²) in [7, 11) is 0. The predicted molar refractivity (Wildman–Crippen MR) is 122 cm³/mol. The zero-order valence-corrected chi connectivity index (χ0v) is 18.5. The van der Waals surface area contributed by atoms with E-state index in [1.165, 1.54) is 0 Å². The summed E-state index contributed by atoms with van der Waals surface area (Å²) in [6.45, 7) is 6.55. The Morgan fingerprint density at radius 1 is 1.06 bits per heavy atom. The van der Waals surface area contributed by atoms with E-state index in [4.69, 9.17) is 9.72 Å². The number of para-hydroxylation sites is 1. The average Bonchev–Trinajstić information content (AvgIpc) is 2.80. The first-order valence-corrected chi connectivity index (χ1v) is 11.1. The van der Waals surface area contributed by atoms with Crippen molar-refractivity contribution in [3.8, 4) is 0 Å². The number of ketones is 1. The Labute approximate surface area is 183 Å². The second-order valence-electron chi connectivity index (χ2n) is 9.08. The number of pyridine rings is 1. The van der Waals surface area contributed by atoms with E-state index in [-0.39, 0.29) is 17.8 Å². The molecule has 4 rings (SSSR count). The number of aromatic nitrogens is 1. The number of benzene rings is 2. The molecule has 1 heterocycles. The third-order valence-electron chi connectivity index (χ3n) is 6.91. The van der Waals surface area contributed by atoms with Crippen molar-refractivity contribution in [3.63, 3.8) is 0 Å². The average molecular weight is 416 g/mol. The van der Waals surface area contributed by atoms with E-state index >= 15 is 0 Å². The van der Waals surface area contributed by atoms with Crippen LogP contribution in [0.3, 0.4) is 0 Å². The summed E-state index contributed by atoms with van der Waals surface area (Å²) >= 11 is 0. The summed E-state index contributed by atoms with van der Waals surface area (Å²) in [5, 5.41) is 0.799. The Morgan fingerprint density at radius 2 is 1.77 bits per heavy atom. The van der Waals surface area contributed by atoms with Crippen LogP contribution in [0.5, 0.6) is 0 Å². The van der Waals surface area contributed by atoms with Gasteiger partial charge in [0, 0.05) is 16.6 Å². The molecule has 160 valence electrons. The summed E-state index contributed by atoms with van der Waals surface area (Å²) < 4.78 is 5.55. The van der Waals surface area contributed by atoms with E-state index in [1.54, 1.807) is 24.3 Å². The molecule has 0 spiro atoms. The lowest BCUT2D eigenvalue weighted by Gasteiger charge is -2.37. The highest BCUT2D eigenvalue weighted by Crippen LogP contribution is 2.41. The van der Waals surface area contributed by atoms with Crippen molar-refractivity contribution in [2.45, 2.75) is 46.5 Å². The van der Waals surface area contributed by atoms with Gasteiger partial charge in [-0.05, 0) is 42.2 Å². The number of hydrogen-bond acceptors (Lipinski definition) is 4. The molecule has 1 aliphatic rings. The van der Waals surface area contributed by atoms with Crippen LogP contribution in [-0.4, -0.2) is 23.3 Å². The first-order valence-electron chi connectivity index (χ1n) is 11.1. The number of Topliss-reactive ketones (excluding diaryl/α,β-unsaturated/α-hetero) is 1. The largest absolute Gasteiger partial charge is 0.454 e. The van der Waals surface area contributed by atoms with E-state index < -0.39 is 5.97 Å². The molecule has 2 aromatic carbocycles. The van der Waals surface area contributed by atoms with Crippen molar-refractivity contribution in [1.82, 2.24) is 4.98 Å². The van der Waals surface area contributed by atoms with Gasteiger partial charge in [-0.15, -0.1) is 0 Å². The highest BCUT2D eigenvalue weighted by molar-refractivity contribution is 6.06. The van der Waals surface area contributed by atoms with Gasteiger partial charge in [-0.25, -0.2) is 4.79 Å². The molecule has 0 amide bonds. The van der Waals surface area contributed by atoms with Crippen molar-refractivity contribution in [2.24, 2.45) is 11.3 Å². The number of aryl methyl sites for hydroxylation is 1. The van der Waals surface area contributed by atoms with Crippen LogP contribution in [0.15, 0.2) is 54.6 Å². The molecule has 0 saturated carbocycles. The molecule has 0 fully saturated rings. The maximum Gasteiger partial charge on any atom is 0.339 e. The topological polar surface area (TPSA) is 56.3 Å². The number of hydrogen-bond donors (Lipinski definition) is 0. The summed E-state index contributed by atoms with van der Waals surface area (Å²) in [5.74, 6) is -0.161. The highest BCUT2D eigenvalue weighted by Gasteiger charge is 2.34. The molecule has 0 saturated heterocycles. The minimum Gasteiger partial charge on any atom is -0.454 e. The molecular formula is C27H29NO3. The highest BCUT2D eigenvalue weighted by atomic mass is 16.5. The van der Waals surface area contributed by atoms with Crippen molar-refractivity contribution in [3.05, 3.63) is 77.0 Å². The third kappa shape index (κ3) is 4.25. The first kappa shape index (κ1) is 21.2. The van der Waals surface area contributed by atoms with Crippen LogP contribution >= 0.6 is 0 Å². The maximum absolute atomic E-state index is 13.3. The minimum absolute atomic E-state index is 0.188. The summed E-state index contributed by atoms with van der Waals surface area (Å²) in [6, 6.07) is 16.6. The van der Waals surface area contributed by atoms with E-state index in [0.29, 0.717) is 17.0 Å². The van der Waals surface area contributed by atoms with Gasteiger partial charge in [-0.2, -0.15) is 0 Å². The number of ether oxygens (including phenoxy) is 1. The molecule has 0 N–H and O–H groups in total. The van der Waals surface area contributed by atoms with Gasteiger partial charge in [0.2, 0.25) is 0 Å². The van der Waals surface area contributed by atoms with Gasteiger partial charge in [0.1, 0.15) is 0 Å². The van der Waals surface area contributed by atoms with E-state index in [1.807, 2.05) is 30.3 Å². The smallest absolute Gasteiger partial charge is 0.339 e. The van der Waals surface area contributed by atoms with Crippen LogP contribution in [0.2, 0.25) is 0 Å². The molecule has 0 radical (unpaired) electrons. The fourth-order valence-electron chi connectivity index (χ4n) is 4.49. The van der Waals surface area contributed by atoms with Crippen molar-refractivity contribution < 1.29 is 14.3 Å². The lowest BCUT2D eigenvalue weighted by atomic mass is 9.68. The lowest BCUT2D eigenvalue weighted by Crippen LogP contribution is -2.31. The molecule has 31 heavy (non-hydrogen) atoms. The van der Waals surface area contributed by atoms with Gasteiger partial charge < -0.3 is 4.74 Å².